The van der Waals surface area contributed by atoms with Crippen molar-refractivity contribution in [2.45, 2.75) is 30.2 Å². The van der Waals surface area contributed by atoms with E-state index in [2.05, 4.69) is 5.43 Å². The molecule has 4 nitrogen and oxygen atoms in total. The normalized spacial score (nSPS) is 18.0. The summed E-state index contributed by atoms with van der Waals surface area (Å²) in [7, 11) is -3.11. The van der Waals surface area contributed by atoms with Gasteiger partial charge in [0.15, 0.2) is 9.84 Å². The number of sulfone groups is 1. The van der Waals surface area contributed by atoms with E-state index < -0.39 is 9.84 Å². The van der Waals surface area contributed by atoms with E-state index in [0.29, 0.717) is 4.90 Å². The predicted octanol–water partition coefficient (Wildman–Crippen LogP) is 1.39. The molecule has 5 heteroatoms. The van der Waals surface area contributed by atoms with Gasteiger partial charge in [-0.05, 0) is 30.0 Å². The fourth-order valence-corrected chi connectivity index (χ4v) is 2.57. The first-order valence-electron chi connectivity index (χ1n) is 5.77. The van der Waals surface area contributed by atoms with Crippen molar-refractivity contribution in [3.63, 3.8) is 0 Å². The molecule has 2 rings (SSSR count). The summed E-state index contributed by atoms with van der Waals surface area (Å²) in [5, 5.41) is 0. The highest BCUT2D eigenvalue weighted by Gasteiger charge is 2.25. The Morgan fingerprint density at radius 1 is 1.35 bits per heavy atom. The highest BCUT2D eigenvalue weighted by molar-refractivity contribution is 7.90. The lowest BCUT2D eigenvalue weighted by atomic mass is 10.0. The average molecular weight is 254 g/mol. The van der Waals surface area contributed by atoms with Crippen molar-refractivity contribution in [1.29, 1.82) is 0 Å². The second kappa shape index (κ2) is 4.76. The van der Waals surface area contributed by atoms with Gasteiger partial charge in [0.2, 0.25) is 0 Å². The van der Waals surface area contributed by atoms with Gasteiger partial charge in [-0.25, -0.2) is 8.42 Å². The predicted molar refractivity (Wildman–Crippen MR) is 67.0 cm³/mol. The molecule has 1 aliphatic rings. The molecule has 17 heavy (non-hydrogen) atoms. The second-order valence-corrected chi connectivity index (χ2v) is 6.76. The number of nitrogens with one attached hydrogen (secondary N) is 1. The van der Waals surface area contributed by atoms with Gasteiger partial charge >= 0.3 is 0 Å². The van der Waals surface area contributed by atoms with E-state index in [1.165, 1.54) is 19.1 Å². The van der Waals surface area contributed by atoms with Crippen molar-refractivity contribution in [2.24, 2.45) is 11.8 Å². The van der Waals surface area contributed by atoms with Gasteiger partial charge in [-0.2, -0.15) is 0 Å². The zero-order valence-electron chi connectivity index (χ0n) is 9.89. The highest BCUT2D eigenvalue weighted by atomic mass is 32.2. The van der Waals surface area contributed by atoms with Gasteiger partial charge in [0, 0.05) is 12.3 Å². The van der Waals surface area contributed by atoms with E-state index >= 15 is 0 Å². The average Bonchev–Trinajstić information content (AvgIpc) is 3.09. The summed E-state index contributed by atoms with van der Waals surface area (Å²) in [6, 6.07) is 7.08. The molecule has 3 N–H and O–H groups in total. The van der Waals surface area contributed by atoms with E-state index in [1.807, 2.05) is 12.1 Å². The molecule has 0 bridgehead atoms. The van der Waals surface area contributed by atoms with Gasteiger partial charge in [0.1, 0.15) is 0 Å². The van der Waals surface area contributed by atoms with Crippen molar-refractivity contribution in [3.8, 4) is 0 Å². The lowest BCUT2D eigenvalue weighted by molar-refractivity contribution is 0.487. The molecule has 0 aromatic heterocycles. The molecule has 1 aromatic carbocycles. The number of hydrogen-bond acceptors (Lipinski definition) is 4. The summed E-state index contributed by atoms with van der Waals surface area (Å²) >= 11 is 0. The summed E-state index contributed by atoms with van der Waals surface area (Å²) in [6.07, 6.45) is 4.79. The molecule has 1 fully saturated rings. The largest absolute Gasteiger partial charge is 0.271 e. The summed E-state index contributed by atoms with van der Waals surface area (Å²) in [5.74, 6) is 6.31. The Hall–Kier alpha value is -0.910. The topological polar surface area (TPSA) is 72.2 Å². The van der Waals surface area contributed by atoms with Gasteiger partial charge in [0.25, 0.3) is 0 Å². The maximum Gasteiger partial charge on any atom is 0.175 e. The first-order valence-corrected chi connectivity index (χ1v) is 7.66. The molecular formula is C12H18N2O2S. The lowest BCUT2D eigenvalue weighted by Gasteiger charge is -2.16. The van der Waals surface area contributed by atoms with Crippen LogP contribution < -0.4 is 11.3 Å². The molecular weight excluding hydrogens is 236 g/mol. The number of benzene rings is 1. The van der Waals surface area contributed by atoms with E-state index in [-0.39, 0.29) is 6.04 Å². The summed E-state index contributed by atoms with van der Waals surface area (Å²) in [4.78, 5) is 0.350. The molecule has 94 valence electrons. The quantitative estimate of drug-likeness (QED) is 0.615. The molecule has 1 aliphatic carbocycles. The fraction of sp³-hybridized carbons (Fsp3) is 0.500. The molecule has 0 saturated heterocycles. The van der Waals surface area contributed by atoms with Crippen LogP contribution in [-0.4, -0.2) is 14.7 Å². The van der Waals surface area contributed by atoms with Crippen LogP contribution in [0.2, 0.25) is 0 Å². The molecule has 0 amide bonds. The molecule has 1 aromatic rings. The van der Waals surface area contributed by atoms with Gasteiger partial charge in [-0.15, -0.1) is 0 Å². The minimum Gasteiger partial charge on any atom is -0.271 e. The van der Waals surface area contributed by atoms with Crippen LogP contribution in [0.15, 0.2) is 29.2 Å². The monoisotopic (exact) mass is 254 g/mol. The van der Waals surface area contributed by atoms with Gasteiger partial charge in [-0.1, -0.05) is 25.0 Å². The molecule has 0 aliphatic heterocycles. The van der Waals surface area contributed by atoms with Crippen molar-refractivity contribution < 1.29 is 8.42 Å². The van der Waals surface area contributed by atoms with Crippen LogP contribution in [0.3, 0.4) is 0 Å². The van der Waals surface area contributed by atoms with Crippen LogP contribution in [-0.2, 0) is 9.84 Å². The second-order valence-electron chi connectivity index (χ2n) is 4.74. The standard InChI is InChI=1S/C12H18N2O2S/c1-17(15,16)11-6-4-10(5-7-11)12(14-13)8-9-2-3-9/h4-7,9,12,14H,2-3,8,13H2,1H3. The molecule has 0 radical (unpaired) electrons. The number of rotatable bonds is 5. The summed E-state index contributed by atoms with van der Waals surface area (Å²) in [5.41, 5.74) is 3.85. The first-order chi connectivity index (χ1) is 8.00. The van der Waals surface area contributed by atoms with Crippen LogP contribution in [0, 0.1) is 5.92 Å². The number of nitrogens with two attached hydrogens (primary N) is 1. The maximum atomic E-state index is 11.3. The summed E-state index contributed by atoms with van der Waals surface area (Å²) < 4.78 is 22.7. The third-order valence-corrected chi connectivity index (χ3v) is 4.31. The Labute approximate surface area is 102 Å². The zero-order valence-corrected chi connectivity index (χ0v) is 10.7. The SMILES string of the molecule is CS(=O)(=O)c1ccc(C(CC2CC2)NN)cc1. The summed E-state index contributed by atoms with van der Waals surface area (Å²) in [6.45, 7) is 0. The minimum atomic E-state index is -3.11. The van der Waals surface area contributed by atoms with E-state index in [0.717, 1.165) is 17.9 Å². The molecule has 0 spiro atoms. The first kappa shape index (κ1) is 12.5. The van der Waals surface area contributed by atoms with Gasteiger partial charge in [0.05, 0.1) is 4.90 Å². The number of hydrogen-bond donors (Lipinski definition) is 2. The smallest absolute Gasteiger partial charge is 0.175 e. The Balaban J connectivity index is 2.15. The maximum absolute atomic E-state index is 11.3. The Kier molecular flexibility index (Phi) is 3.51. The van der Waals surface area contributed by atoms with Gasteiger partial charge < -0.3 is 0 Å². The molecule has 1 atom stereocenters. The van der Waals surface area contributed by atoms with Crippen LogP contribution >= 0.6 is 0 Å². The number of hydrazine groups is 1. The Bertz CT molecular complexity index is 478. The fourth-order valence-electron chi connectivity index (χ4n) is 1.93. The van der Waals surface area contributed by atoms with Crippen LogP contribution in [0.1, 0.15) is 30.9 Å². The molecule has 1 unspecified atom stereocenters. The molecule has 1 saturated carbocycles. The molecule has 0 heterocycles. The van der Waals surface area contributed by atoms with Crippen molar-refractivity contribution in [3.05, 3.63) is 29.8 Å². The van der Waals surface area contributed by atoms with E-state index in [4.69, 9.17) is 5.84 Å². The van der Waals surface area contributed by atoms with Crippen LogP contribution in [0.5, 0.6) is 0 Å². The van der Waals surface area contributed by atoms with Gasteiger partial charge in [-0.3, -0.25) is 11.3 Å². The van der Waals surface area contributed by atoms with Crippen molar-refractivity contribution >= 4 is 9.84 Å². The third kappa shape index (κ3) is 3.28. The third-order valence-electron chi connectivity index (χ3n) is 3.18. The minimum absolute atomic E-state index is 0.121. The highest BCUT2D eigenvalue weighted by Crippen LogP contribution is 2.37. The van der Waals surface area contributed by atoms with Crippen molar-refractivity contribution in [1.82, 2.24) is 5.43 Å². The zero-order chi connectivity index (χ0) is 12.5. The van der Waals surface area contributed by atoms with Crippen LogP contribution in [0.25, 0.3) is 0 Å². The Morgan fingerprint density at radius 3 is 2.35 bits per heavy atom. The lowest BCUT2D eigenvalue weighted by Crippen LogP contribution is -2.28. The van der Waals surface area contributed by atoms with Crippen molar-refractivity contribution in [2.75, 3.05) is 6.26 Å². The van der Waals surface area contributed by atoms with Crippen LogP contribution in [0.4, 0.5) is 0 Å². The van der Waals surface area contributed by atoms with E-state index in [9.17, 15) is 8.42 Å². The van der Waals surface area contributed by atoms with E-state index in [1.54, 1.807) is 12.1 Å². The Morgan fingerprint density at radius 2 is 1.94 bits per heavy atom.